The first kappa shape index (κ1) is 53.8. The number of benzene rings is 2. The van der Waals surface area contributed by atoms with E-state index in [-0.39, 0.29) is 56.7 Å². The summed E-state index contributed by atoms with van der Waals surface area (Å²) in [7, 11) is -5.30. The van der Waals surface area contributed by atoms with E-state index in [1.54, 1.807) is 94.4 Å². The smallest absolute Gasteiger partial charge is 0.410 e. The number of hydrogen-bond donors (Lipinski definition) is 1. The third-order valence-electron chi connectivity index (χ3n) is 10.1. The van der Waals surface area contributed by atoms with Crippen molar-refractivity contribution in [1.29, 1.82) is 0 Å². The van der Waals surface area contributed by atoms with Crippen LogP contribution in [-0.4, -0.2) is 130 Å². The Morgan fingerprint density at radius 2 is 1.20 bits per heavy atom. The molecule has 360 valence electrons. The van der Waals surface area contributed by atoms with Crippen LogP contribution in [0.15, 0.2) is 85.2 Å². The van der Waals surface area contributed by atoms with Crippen LogP contribution in [0.3, 0.4) is 0 Å². The van der Waals surface area contributed by atoms with E-state index in [0.717, 1.165) is 0 Å². The molecule has 2 aromatic carbocycles. The molecule has 4 aromatic rings. The number of carbonyl (C=O) groups is 3. The number of piperazine rings is 2. The Hall–Kier alpha value is -4.80. The second kappa shape index (κ2) is 23.3. The third-order valence-corrected chi connectivity index (χ3v) is 14.3. The van der Waals surface area contributed by atoms with E-state index in [1.165, 1.54) is 54.8 Å². The minimum Gasteiger partial charge on any atom is -0.465 e. The van der Waals surface area contributed by atoms with Gasteiger partial charge in [-0.3, -0.25) is 18.6 Å². The predicted octanol–water partition coefficient (Wildman–Crippen LogP) is 6.20. The van der Waals surface area contributed by atoms with Crippen LogP contribution in [0.1, 0.15) is 66.7 Å². The molecule has 2 atom stereocenters. The van der Waals surface area contributed by atoms with E-state index < -0.39 is 50.1 Å². The van der Waals surface area contributed by atoms with Crippen LogP contribution < -0.4 is 13.9 Å². The molecule has 4 heterocycles. The molecule has 0 bridgehead atoms. The van der Waals surface area contributed by atoms with Gasteiger partial charge in [-0.2, -0.15) is 25.4 Å². The van der Waals surface area contributed by atoms with Gasteiger partial charge in [0.05, 0.1) is 61.2 Å². The number of pyridine rings is 2. The number of ether oxygens (including phenoxy) is 3. The molecule has 2 fully saturated rings. The van der Waals surface area contributed by atoms with Gasteiger partial charge >= 0.3 is 38.5 Å². The molecule has 0 unspecified atom stereocenters. The lowest BCUT2D eigenvalue weighted by molar-refractivity contribution is 0.00853. The average molecular weight is 1010 g/mol. The van der Waals surface area contributed by atoms with Crippen LogP contribution >= 0.6 is 35.6 Å². The van der Waals surface area contributed by atoms with Gasteiger partial charge in [0.2, 0.25) is 0 Å². The minimum atomic E-state index is -4.04. The SMILES string of the molecule is COC(=O)c1ccc(CN(c2cccc(Cl)c2)S(=O)(=O)N2CCN(C(=O)OC(C)(C)C)[C@H](C)C2)nc1.COC(=O)c1ccc(CN(c2cccc(Cl)c2)S(=O)(=O)N2CCN[C@H](C)C2)nc1.Cl. The Morgan fingerprint density at radius 1 is 0.727 bits per heavy atom. The standard InChI is InChI=1S/C24H31ClN4O6S.C19H23ClN4O4S.ClH/c1-17-15-27(11-12-28(17)23(31)35-24(2,3)4)36(32,33)29(21-8-6-7-19(25)13-21)16-20-10-9-18(14-26-20)22(30)34-5;1-14-12-23(9-8-21-14)29(26,27)24(18-5-3-4-16(20)10-18)13-17-7-6-15(11-22-17)19(25)28-2;/h6-10,13-14,17H,11-12,15-16H2,1-5H3;3-7,10-11,14,21H,8-9,12-13H2,1-2H3;1H/t17-;14-;/m11./s1. The average Bonchev–Trinajstić information content (AvgIpc) is 3.26. The van der Waals surface area contributed by atoms with Crippen molar-refractivity contribution in [3.8, 4) is 0 Å². The molecule has 66 heavy (non-hydrogen) atoms. The van der Waals surface area contributed by atoms with E-state index in [0.29, 0.717) is 58.0 Å². The zero-order valence-electron chi connectivity index (χ0n) is 37.6. The maximum atomic E-state index is 13.8. The summed E-state index contributed by atoms with van der Waals surface area (Å²) < 4.78 is 74.7. The summed E-state index contributed by atoms with van der Waals surface area (Å²) in [6.07, 6.45) is 2.23. The van der Waals surface area contributed by atoms with E-state index in [2.05, 4.69) is 20.0 Å². The number of amides is 1. The van der Waals surface area contributed by atoms with Crippen molar-refractivity contribution in [2.75, 3.05) is 62.1 Å². The number of methoxy groups -OCH3 is 2. The van der Waals surface area contributed by atoms with Crippen molar-refractivity contribution in [2.45, 2.75) is 65.4 Å². The summed E-state index contributed by atoms with van der Waals surface area (Å²) in [6.45, 7) is 10.7. The number of hydrogen-bond acceptors (Lipinski definition) is 13. The molecule has 2 aromatic heterocycles. The molecule has 0 spiro atoms. The van der Waals surface area contributed by atoms with Gasteiger partial charge in [-0.15, -0.1) is 12.4 Å². The molecule has 0 saturated carbocycles. The maximum Gasteiger partial charge on any atom is 0.410 e. The van der Waals surface area contributed by atoms with Crippen LogP contribution in [-0.2, 0) is 47.7 Å². The first-order chi connectivity index (χ1) is 30.6. The second-order valence-electron chi connectivity index (χ2n) is 16.1. The first-order valence-corrected chi connectivity index (χ1v) is 24.0. The van der Waals surface area contributed by atoms with Gasteiger partial charge in [-0.25, -0.2) is 14.4 Å². The van der Waals surface area contributed by atoms with Crippen LogP contribution in [0.5, 0.6) is 0 Å². The lowest BCUT2D eigenvalue weighted by atomic mass is 10.2. The highest BCUT2D eigenvalue weighted by Gasteiger charge is 2.39. The highest BCUT2D eigenvalue weighted by molar-refractivity contribution is 7.90. The topological polar surface area (TPSA) is 201 Å². The number of anilines is 2. The molecular weight excluding hydrogens is 959 g/mol. The molecular formula is C43H55Cl3N8O10S2. The minimum absolute atomic E-state index is 0. The van der Waals surface area contributed by atoms with Gasteiger partial charge in [0.1, 0.15) is 5.60 Å². The number of carbonyl (C=O) groups excluding carboxylic acids is 3. The number of esters is 2. The molecule has 2 saturated heterocycles. The molecule has 0 aliphatic carbocycles. The highest BCUT2D eigenvalue weighted by Crippen LogP contribution is 2.29. The zero-order chi connectivity index (χ0) is 47.7. The van der Waals surface area contributed by atoms with E-state index in [9.17, 15) is 31.2 Å². The highest BCUT2D eigenvalue weighted by atomic mass is 35.5. The predicted molar refractivity (Wildman–Crippen MR) is 255 cm³/mol. The first-order valence-electron chi connectivity index (χ1n) is 20.5. The monoisotopic (exact) mass is 1010 g/mol. The number of nitrogens with zero attached hydrogens (tertiary/aromatic N) is 7. The Morgan fingerprint density at radius 3 is 1.58 bits per heavy atom. The molecule has 0 radical (unpaired) electrons. The van der Waals surface area contributed by atoms with Crippen LogP contribution in [0.25, 0.3) is 0 Å². The Balaban J connectivity index is 0.000000290. The Labute approximate surface area is 402 Å². The summed E-state index contributed by atoms with van der Waals surface area (Å²) in [5, 5.41) is 4.06. The number of rotatable bonds is 12. The fourth-order valence-corrected chi connectivity index (χ4v) is 10.5. The van der Waals surface area contributed by atoms with Crippen LogP contribution in [0.4, 0.5) is 16.2 Å². The van der Waals surface area contributed by atoms with Crippen molar-refractivity contribution < 1.29 is 45.4 Å². The lowest BCUT2D eigenvalue weighted by Crippen LogP contribution is -2.58. The van der Waals surface area contributed by atoms with Crippen molar-refractivity contribution in [2.24, 2.45) is 0 Å². The molecule has 2 aliphatic rings. The van der Waals surface area contributed by atoms with E-state index in [1.807, 2.05) is 6.92 Å². The van der Waals surface area contributed by atoms with E-state index >= 15 is 0 Å². The quantitative estimate of drug-likeness (QED) is 0.124. The molecule has 2 aliphatic heterocycles. The lowest BCUT2D eigenvalue weighted by Gasteiger charge is -2.41. The Bertz CT molecular complexity index is 2520. The third kappa shape index (κ3) is 14.1. The van der Waals surface area contributed by atoms with Crippen molar-refractivity contribution in [3.63, 3.8) is 0 Å². The summed E-state index contributed by atoms with van der Waals surface area (Å²) in [6, 6.07) is 19.1. The fraction of sp³-hybridized carbons (Fsp3) is 0.419. The maximum absolute atomic E-state index is 13.8. The number of nitrogens with one attached hydrogen (secondary N) is 1. The largest absolute Gasteiger partial charge is 0.465 e. The zero-order valence-corrected chi connectivity index (χ0v) is 41.5. The molecule has 6 rings (SSSR count). The second-order valence-corrected chi connectivity index (χ2v) is 20.7. The van der Waals surface area contributed by atoms with Crippen LogP contribution in [0.2, 0.25) is 10.0 Å². The van der Waals surface area contributed by atoms with Gasteiger partial charge in [0.25, 0.3) is 0 Å². The van der Waals surface area contributed by atoms with Gasteiger partial charge < -0.3 is 24.4 Å². The van der Waals surface area contributed by atoms with Gasteiger partial charge in [-0.05, 0) is 95.3 Å². The number of aromatic nitrogens is 2. The summed E-state index contributed by atoms with van der Waals surface area (Å²) in [5.74, 6) is -1.04. The summed E-state index contributed by atoms with van der Waals surface area (Å²) in [4.78, 5) is 45.9. The summed E-state index contributed by atoms with van der Waals surface area (Å²) >= 11 is 12.3. The Kier molecular flexibility index (Phi) is 19.0. The normalized spacial score (nSPS) is 17.0. The van der Waals surface area contributed by atoms with Crippen molar-refractivity contribution in [3.05, 3.63) is 118 Å². The molecule has 1 N–H and O–H groups in total. The van der Waals surface area contributed by atoms with Crippen molar-refractivity contribution in [1.82, 2.24) is 28.8 Å². The molecule has 23 heteroatoms. The van der Waals surface area contributed by atoms with Gasteiger partial charge in [-0.1, -0.05) is 35.3 Å². The molecule has 1 amide bonds. The molecule has 18 nitrogen and oxygen atoms in total. The number of halogens is 3. The summed E-state index contributed by atoms with van der Waals surface area (Å²) in [5.41, 5.74) is 1.62. The fourth-order valence-electron chi connectivity index (χ4n) is 6.79. The van der Waals surface area contributed by atoms with E-state index in [4.69, 9.17) is 32.7 Å². The van der Waals surface area contributed by atoms with Gasteiger partial charge in [0, 0.05) is 73.8 Å². The van der Waals surface area contributed by atoms with Crippen molar-refractivity contribution >= 4 is 85.4 Å². The van der Waals surface area contributed by atoms with Gasteiger partial charge in [0.15, 0.2) is 0 Å². The van der Waals surface area contributed by atoms with Crippen LogP contribution in [0, 0.1) is 0 Å².